The molecule has 0 aliphatic rings. The Bertz CT molecular complexity index is 500. The van der Waals surface area contributed by atoms with Crippen molar-refractivity contribution in [3.8, 4) is 0 Å². The molecule has 2 aromatic rings. The number of hydrogen-bond acceptors (Lipinski definition) is 5. The van der Waals surface area contributed by atoms with Crippen molar-refractivity contribution in [1.29, 1.82) is 0 Å². The summed E-state index contributed by atoms with van der Waals surface area (Å²) < 4.78 is 1.42. The summed E-state index contributed by atoms with van der Waals surface area (Å²) in [5.41, 5.74) is 1.20. The predicted molar refractivity (Wildman–Crippen MR) is 58.1 cm³/mol. The lowest BCUT2D eigenvalue weighted by atomic mass is 9.81. The molecule has 0 amide bonds. The lowest BCUT2D eigenvalue weighted by Gasteiger charge is -2.11. The Hall–Kier alpha value is -1.44. The molecule has 0 aromatic carbocycles. The third-order valence-corrected chi connectivity index (χ3v) is 2.49. The standard InChI is InChI=1S/C9H12BN3O3/c1-2-8(14)7-4-3-6(10(15)16)9-11-5-12-13(7)9/h3-5,8,14-16H,2H2,1H3. The van der Waals surface area contributed by atoms with E-state index in [9.17, 15) is 5.11 Å². The van der Waals surface area contributed by atoms with Crippen LogP contribution in [0.4, 0.5) is 0 Å². The lowest BCUT2D eigenvalue weighted by Crippen LogP contribution is -2.32. The fraction of sp³-hybridized carbons (Fsp3) is 0.333. The van der Waals surface area contributed by atoms with Gasteiger partial charge in [0.2, 0.25) is 0 Å². The second kappa shape index (κ2) is 4.21. The number of nitrogens with zero attached hydrogens (tertiary/aromatic N) is 3. The summed E-state index contributed by atoms with van der Waals surface area (Å²) in [5.74, 6) is 0. The molecule has 2 aromatic heterocycles. The van der Waals surface area contributed by atoms with Gasteiger partial charge in [-0.3, -0.25) is 0 Å². The Kier molecular flexibility index (Phi) is 2.91. The summed E-state index contributed by atoms with van der Waals surface area (Å²) >= 11 is 0. The molecular weight excluding hydrogens is 209 g/mol. The summed E-state index contributed by atoms with van der Waals surface area (Å²) in [7, 11) is -1.60. The molecule has 0 fully saturated rings. The predicted octanol–water partition coefficient (Wildman–Crippen LogP) is -1.15. The maximum absolute atomic E-state index is 9.76. The minimum absolute atomic E-state index is 0.268. The van der Waals surface area contributed by atoms with E-state index in [0.29, 0.717) is 17.8 Å². The van der Waals surface area contributed by atoms with Gasteiger partial charge < -0.3 is 15.2 Å². The molecule has 0 spiro atoms. The molecule has 2 rings (SSSR count). The van der Waals surface area contributed by atoms with Crippen molar-refractivity contribution in [2.24, 2.45) is 0 Å². The second-order valence-corrected chi connectivity index (χ2v) is 3.51. The molecule has 0 radical (unpaired) electrons. The molecule has 0 saturated carbocycles. The first-order valence-electron chi connectivity index (χ1n) is 5.02. The molecule has 0 aliphatic carbocycles. The zero-order valence-corrected chi connectivity index (χ0v) is 8.78. The van der Waals surface area contributed by atoms with Crippen molar-refractivity contribution in [3.63, 3.8) is 0 Å². The van der Waals surface area contributed by atoms with Crippen LogP contribution in [-0.4, -0.2) is 36.9 Å². The Morgan fingerprint density at radius 2 is 2.19 bits per heavy atom. The smallest absolute Gasteiger partial charge is 0.423 e. The van der Waals surface area contributed by atoms with Crippen LogP contribution < -0.4 is 5.46 Å². The SMILES string of the molecule is CCC(O)c1ccc(B(O)O)c2ncnn12. The van der Waals surface area contributed by atoms with E-state index in [4.69, 9.17) is 10.0 Å². The summed E-state index contributed by atoms with van der Waals surface area (Å²) in [6.07, 6.45) is 1.22. The number of pyridine rings is 1. The Morgan fingerprint density at radius 3 is 2.81 bits per heavy atom. The highest BCUT2D eigenvalue weighted by molar-refractivity contribution is 6.60. The van der Waals surface area contributed by atoms with Gasteiger partial charge >= 0.3 is 7.12 Å². The van der Waals surface area contributed by atoms with Gasteiger partial charge in [-0.05, 0) is 12.5 Å². The molecule has 0 aliphatic heterocycles. The van der Waals surface area contributed by atoms with Crippen LogP contribution in [-0.2, 0) is 0 Å². The van der Waals surface area contributed by atoms with E-state index in [1.165, 1.54) is 16.9 Å². The molecule has 3 N–H and O–H groups in total. The van der Waals surface area contributed by atoms with Gasteiger partial charge in [0.15, 0.2) is 5.65 Å². The maximum atomic E-state index is 9.76. The van der Waals surface area contributed by atoms with E-state index in [2.05, 4.69) is 10.1 Å². The number of rotatable bonds is 3. The lowest BCUT2D eigenvalue weighted by molar-refractivity contribution is 0.166. The van der Waals surface area contributed by atoms with E-state index in [1.54, 1.807) is 6.07 Å². The number of hydrogen-bond donors (Lipinski definition) is 3. The number of aromatic nitrogens is 3. The first kappa shape index (κ1) is 11.1. The van der Waals surface area contributed by atoms with Crippen LogP contribution in [0.3, 0.4) is 0 Å². The third-order valence-electron chi connectivity index (χ3n) is 2.49. The van der Waals surface area contributed by atoms with Crippen LogP contribution in [0.2, 0.25) is 0 Å². The van der Waals surface area contributed by atoms with E-state index < -0.39 is 13.2 Å². The van der Waals surface area contributed by atoms with Crippen molar-refractivity contribution in [2.45, 2.75) is 19.4 Å². The molecule has 84 valence electrons. The molecule has 7 heteroatoms. The summed E-state index contributed by atoms with van der Waals surface area (Å²) in [6, 6.07) is 3.15. The Labute approximate surface area is 92.3 Å². The van der Waals surface area contributed by atoms with Gasteiger partial charge in [0.25, 0.3) is 0 Å². The molecule has 1 unspecified atom stereocenters. The van der Waals surface area contributed by atoms with E-state index in [-0.39, 0.29) is 5.46 Å². The van der Waals surface area contributed by atoms with Gasteiger partial charge in [-0.25, -0.2) is 9.50 Å². The molecule has 16 heavy (non-hydrogen) atoms. The van der Waals surface area contributed by atoms with Crippen molar-refractivity contribution in [1.82, 2.24) is 14.6 Å². The normalized spacial score (nSPS) is 13.0. The highest BCUT2D eigenvalue weighted by Gasteiger charge is 2.20. The van der Waals surface area contributed by atoms with Crippen molar-refractivity contribution in [3.05, 3.63) is 24.2 Å². The molecule has 2 heterocycles. The highest BCUT2D eigenvalue weighted by Crippen LogP contribution is 2.15. The van der Waals surface area contributed by atoms with Crippen molar-refractivity contribution >= 4 is 18.2 Å². The monoisotopic (exact) mass is 221 g/mol. The summed E-state index contributed by atoms with van der Waals surface area (Å²) in [6.45, 7) is 1.85. The fourth-order valence-corrected chi connectivity index (χ4v) is 1.61. The van der Waals surface area contributed by atoms with Crippen LogP contribution in [0, 0.1) is 0 Å². The molecule has 0 saturated heterocycles. The van der Waals surface area contributed by atoms with Crippen LogP contribution in [0.5, 0.6) is 0 Å². The number of aliphatic hydroxyl groups is 1. The number of fused-ring (bicyclic) bond motifs is 1. The minimum atomic E-state index is -1.60. The zero-order valence-electron chi connectivity index (χ0n) is 8.78. The number of aliphatic hydroxyl groups excluding tert-OH is 1. The van der Waals surface area contributed by atoms with Gasteiger partial charge in [0.1, 0.15) is 6.33 Å². The highest BCUT2D eigenvalue weighted by atomic mass is 16.4. The molecule has 1 atom stereocenters. The third kappa shape index (κ3) is 1.69. The summed E-state index contributed by atoms with van der Waals surface area (Å²) in [4.78, 5) is 3.94. The van der Waals surface area contributed by atoms with E-state index >= 15 is 0 Å². The second-order valence-electron chi connectivity index (χ2n) is 3.51. The van der Waals surface area contributed by atoms with Crippen LogP contribution in [0.1, 0.15) is 25.1 Å². The van der Waals surface area contributed by atoms with Crippen LogP contribution in [0.15, 0.2) is 18.5 Å². The largest absolute Gasteiger partial charge is 0.492 e. The first-order valence-corrected chi connectivity index (χ1v) is 5.02. The summed E-state index contributed by atoms with van der Waals surface area (Å²) in [5, 5.41) is 32.0. The van der Waals surface area contributed by atoms with Gasteiger partial charge in [-0.1, -0.05) is 13.0 Å². The van der Waals surface area contributed by atoms with Crippen molar-refractivity contribution < 1.29 is 15.2 Å². The van der Waals surface area contributed by atoms with Gasteiger partial charge in [-0.15, -0.1) is 0 Å². The molecule has 0 bridgehead atoms. The minimum Gasteiger partial charge on any atom is -0.423 e. The maximum Gasteiger partial charge on any atom is 0.492 e. The van der Waals surface area contributed by atoms with E-state index in [0.717, 1.165) is 0 Å². The van der Waals surface area contributed by atoms with Gasteiger partial charge in [-0.2, -0.15) is 5.10 Å². The Balaban J connectivity index is 2.63. The van der Waals surface area contributed by atoms with Gasteiger partial charge in [0.05, 0.1) is 11.8 Å². The average molecular weight is 221 g/mol. The van der Waals surface area contributed by atoms with E-state index in [1.807, 2.05) is 6.92 Å². The van der Waals surface area contributed by atoms with Crippen LogP contribution >= 0.6 is 0 Å². The van der Waals surface area contributed by atoms with Crippen LogP contribution in [0.25, 0.3) is 5.65 Å². The van der Waals surface area contributed by atoms with Crippen molar-refractivity contribution in [2.75, 3.05) is 0 Å². The zero-order chi connectivity index (χ0) is 11.7. The average Bonchev–Trinajstić information content (AvgIpc) is 2.75. The Morgan fingerprint density at radius 1 is 1.44 bits per heavy atom. The molecule has 6 nitrogen and oxygen atoms in total. The quantitative estimate of drug-likeness (QED) is 0.569. The van der Waals surface area contributed by atoms with Gasteiger partial charge in [0, 0.05) is 5.46 Å². The topological polar surface area (TPSA) is 90.9 Å². The first-order chi connectivity index (χ1) is 7.65. The fourth-order valence-electron chi connectivity index (χ4n) is 1.61. The molecular formula is C9H12BN3O3.